The van der Waals surface area contributed by atoms with Crippen molar-refractivity contribution in [2.24, 2.45) is 5.92 Å². The number of rotatable bonds is 6. The second kappa shape index (κ2) is 7.58. The van der Waals surface area contributed by atoms with E-state index >= 15 is 0 Å². The van der Waals surface area contributed by atoms with Crippen LogP contribution in [-0.4, -0.2) is 30.1 Å². The molecule has 1 N–H and O–H groups in total. The first-order valence-electron chi connectivity index (χ1n) is 8.19. The standard InChI is InChI=1S/C17H30N2S/c1-5-7-14-11-19(17(10-18-14)13(3)4)12-16-9-8-15(6-2)20-16/h8-9,13-14,17-18H,5-7,10-12H2,1-4H3. The van der Waals surface area contributed by atoms with Gasteiger partial charge in [-0.1, -0.05) is 34.1 Å². The Morgan fingerprint density at radius 3 is 2.65 bits per heavy atom. The number of aryl methyl sites for hydroxylation is 1. The third-order valence-electron chi connectivity index (χ3n) is 4.37. The lowest BCUT2D eigenvalue weighted by atomic mass is 9.97. The van der Waals surface area contributed by atoms with Gasteiger partial charge in [0.2, 0.25) is 0 Å². The largest absolute Gasteiger partial charge is 0.311 e. The molecule has 1 fully saturated rings. The highest BCUT2D eigenvalue weighted by atomic mass is 32.1. The van der Waals surface area contributed by atoms with Gasteiger partial charge in [-0.05, 0) is 30.9 Å². The summed E-state index contributed by atoms with van der Waals surface area (Å²) in [4.78, 5) is 5.76. The van der Waals surface area contributed by atoms with Gasteiger partial charge in [0.15, 0.2) is 0 Å². The van der Waals surface area contributed by atoms with Crippen molar-refractivity contribution in [1.29, 1.82) is 0 Å². The maximum atomic E-state index is 3.75. The Labute approximate surface area is 128 Å². The van der Waals surface area contributed by atoms with E-state index in [0.717, 1.165) is 25.4 Å². The van der Waals surface area contributed by atoms with Gasteiger partial charge in [-0.2, -0.15) is 0 Å². The van der Waals surface area contributed by atoms with E-state index < -0.39 is 0 Å². The lowest BCUT2D eigenvalue weighted by molar-refractivity contribution is 0.0895. The fourth-order valence-corrected chi connectivity index (χ4v) is 4.16. The smallest absolute Gasteiger partial charge is 0.0332 e. The van der Waals surface area contributed by atoms with Gasteiger partial charge >= 0.3 is 0 Å². The molecule has 0 spiro atoms. The number of hydrogen-bond acceptors (Lipinski definition) is 3. The molecule has 0 saturated carbocycles. The minimum Gasteiger partial charge on any atom is -0.311 e. The molecule has 1 aromatic heterocycles. The fraction of sp³-hybridized carbons (Fsp3) is 0.765. The van der Waals surface area contributed by atoms with Crippen LogP contribution in [0.4, 0.5) is 0 Å². The molecule has 0 radical (unpaired) electrons. The van der Waals surface area contributed by atoms with Gasteiger partial charge in [0, 0.05) is 41.5 Å². The van der Waals surface area contributed by atoms with E-state index in [1.165, 1.54) is 29.1 Å². The zero-order valence-electron chi connectivity index (χ0n) is 13.5. The molecule has 114 valence electrons. The Balaban J connectivity index is 2.02. The van der Waals surface area contributed by atoms with Gasteiger partial charge < -0.3 is 5.32 Å². The molecule has 2 rings (SSSR count). The summed E-state index contributed by atoms with van der Waals surface area (Å²) in [5, 5.41) is 3.75. The number of nitrogens with zero attached hydrogens (tertiary/aromatic N) is 1. The summed E-state index contributed by atoms with van der Waals surface area (Å²) < 4.78 is 0. The van der Waals surface area contributed by atoms with E-state index in [9.17, 15) is 0 Å². The summed E-state index contributed by atoms with van der Waals surface area (Å²) in [6.07, 6.45) is 3.74. The highest BCUT2D eigenvalue weighted by Crippen LogP contribution is 2.24. The van der Waals surface area contributed by atoms with Crippen molar-refractivity contribution >= 4 is 11.3 Å². The van der Waals surface area contributed by atoms with Crippen molar-refractivity contribution in [2.75, 3.05) is 13.1 Å². The summed E-state index contributed by atoms with van der Waals surface area (Å²) >= 11 is 1.99. The Hall–Kier alpha value is -0.380. The minimum atomic E-state index is 0.676. The highest BCUT2D eigenvalue weighted by Gasteiger charge is 2.29. The van der Waals surface area contributed by atoms with Crippen LogP contribution in [-0.2, 0) is 13.0 Å². The van der Waals surface area contributed by atoms with E-state index in [2.05, 4.69) is 50.0 Å². The van der Waals surface area contributed by atoms with Crippen molar-refractivity contribution in [3.8, 4) is 0 Å². The molecule has 0 aliphatic carbocycles. The molecule has 0 amide bonds. The lowest BCUT2D eigenvalue weighted by Gasteiger charge is -2.42. The number of nitrogens with one attached hydrogen (secondary N) is 1. The van der Waals surface area contributed by atoms with E-state index in [4.69, 9.17) is 0 Å². The van der Waals surface area contributed by atoms with Gasteiger partial charge in [-0.25, -0.2) is 0 Å². The molecule has 1 aliphatic rings. The van der Waals surface area contributed by atoms with Crippen molar-refractivity contribution in [3.05, 3.63) is 21.9 Å². The van der Waals surface area contributed by atoms with Crippen molar-refractivity contribution in [3.63, 3.8) is 0 Å². The first kappa shape index (κ1) is 16.0. The van der Waals surface area contributed by atoms with Crippen LogP contribution in [0.15, 0.2) is 12.1 Å². The zero-order chi connectivity index (χ0) is 14.5. The van der Waals surface area contributed by atoms with Crippen LogP contribution in [0.2, 0.25) is 0 Å². The Morgan fingerprint density at radius 1 is 1.30 bits per heavy atom. The van der Waals surface area contributed by atoms with E-state index in [-0.39, 0.29) is 0 Å². The SMILES string of the molecule is CCCC1CN(Cc2ccc(CC)s2)C(C(C)C)CN1. The summed E-state index contributed by atoms with van der Waals surface area (Å²) in [5.74, 6) is 0.718. The predicted molar refractivity (Wildman–Crippen MR) is 89.4 cm³/mol. The van der Waals surface area contributed by atoms with Gasteiger partial charge in [0.1, 0.15) is 0 Å². The van der Waals surface area contributed by atoms with Crippen LogP contribution in [0, 0.1) is 5.92 Å². The predicted octanol–water partition coefficient (Wildman–Crippen LogP) is 3.91. The van der Waals surface area contributed by atoms with Gasteiger partial charge in [0.25, 0.3) is 0 Å². The molecular formula is C17H30N2S. The number of thiophene rings is 1. The Kier molecular flexibility index (Phi) is 6.06. The van der Waals surface area contributed by atoms with Crippen molar-refractivity contribution < 1.29 is 0 Å². The maximum Gasteiger partial charge on any atom is 0.0332 e. The average Bonchev–Trinajstić information content (AvgIpc) is 2.87. The Bertz CT molecular complexity index is 399. The molecule has 2 nitrogen and oxygen atoms in total. The second-order valence-electron chi connectivity index (χ2n) is 6.36. The minimum absolute atomic E-state index is 0.676. The van der Waals surface area contributed by atoms with Gasteiger partial charge in [0.05, 0.1) is 0 Å². The normalized spacial score (nSPS) is 24.4. The molecule has 2 atom stereocenters. The third-order valence-corrected chi connectivity index (χ3v) is 5.59. The van der Waals surface area contributed by atoms with E-state index in [1.54, 1.807) is 0 Å². The summed E-state index contributed by atoms with van der Waals surface area (Å²) in [5.41, 5.74) is 0. The van der Waals surface area contributed by atoms with Crippen LogP contribution in [0.25, 0.3) is 0 Å². The molecule has 0 bridgehead atoms. The van der Waals surface area contributed by atoms with Crippen LogP contribution < -0.4 is 5.32 Å². The highest BCUT2D eigenvalue weighted by molar-refractivity contribution is 7.11. The molecule has 1 aromatic rings. The molecule has 1 aliphatic heterocycles. The summed E-state index contributed by atoms with van der Waals surface area (Å²) in [6, 6.07) is 5.99. The summed E-state index contributed by atoms with van der Waals surface area (Å²) in [7, 11) is 0. The number of hydrogen-bond donors (Lipinski definition) is 1. The quantitative estimate of drug-likeness (QED) is 0.856. The summed E-state index contributed by atoms with van der Waals surface area (Å²) in [6.45, 7) is 12.7. The lowest BCUT2D eigenvalue weighted by Crippen LogP contribution is -2.57. The molecule has 1 saturated heterocycles. The molecular weight excluding hydrogens is 264 g/mol. The first-order valence-corrected chi connectivity index (χ1v) is 9.00. The average molecular weight is 295 g/mol. The van der Waals surface area contributed by atoms with Crippen LogP contribution in [0.5, 0.6) is 0 Å². The van der Waals surface area contributed by atoms with Crippen LogP contribution in [0.3, 0.4) is 0 Å². The van der Waals surface area contributed by atoms with E-state index in [1.807, 2.05) is 11.3 Å². The van der Waals surface area contributed by atoms with Crippen molar-refractivity contribution in [1.82, 2.24) is 10.2 Å². The molecule has 2 unspecified atom stereocenters. The van der Waals surface area contributed by atoms with Crippen LogP contribution >= 0.6 is 11.3 Å². The zero-order valence-corrected chi connectivity index (χ0v) is 14.3. The first-order chi connectivity index (χ1) is 9.63. The third kappa shape index (κ3) is 4.06. The molecule has 0 aromatic carbocycles. The maximum absolute atomic E-state index is 3.75. The topological polar surface area (TPSA) is 15.3 Å². The van der Waals surface area contributed by atoms with E-state index in [0.29, 0.717) is 12.1 Å². The van der Waals surface area contributed by atoms with Gasteiger partial charge in [-0.3, -0.25) is 4.90 Å². The van der Waals surface area contributed by atoms with Crippen LogP contribution in [0.1, 0.15) is 50.3 Å². The molecule has 2 heterocycles. The Morgan fingerprint density at radius 2 is 2.05 bits per heavy atom. The van der Waals surface area contributed by atoms with Crippen molar-refractivity contribution in [2.45, 2.75) is 65.6 Å². The fourth-order valence-electron chi connectivity index (χ4n) is 3.18. The van der Waals surface area contributed by atoms with Gasteiger partial charge in [-0.15, -0.1) is 11.3 Å². The molecule has 20 heavy (non-hydrogen) atoms. The number of piperazine rings is 1. The molecule has 3 heteroatoms. The monoisotopic (exact) mass is 294 g/mol. The second-order valence-corrected chi connectivity index (χ2v) is 7.61.